The molecule has 3 nitrogen and oxygen atoms in total. The van der Waals surface area contributed by atoms with Crippen LogP contribution in [0.1, 0.15) is 39.2 Å². The number of hydrogen-bond acceptors (Lipinski definition) is 3. The third-order valence-electron chi connectivity index (χ3n) is 4.40. The van der Waals surface area contributed by atoms with E-state index in [0.717, 1.165) is 37.9 Å². The van der Waals surface area contributed by atoms with Gasteiger partial charge in [-0.15, -0.1) is 0 Å². The van der Waals surface area contributed by atoms with E-state index < -0.39 is 0 Å². The average molecular weight is 290 g/mol. The first-order valence-corrected chi connectivity index (χ1v) is 8.35. The Bertz CT molecular complexity index is 404. The van der Waals surface area contributed by atoms with Gasteiger partial charge in [0.1, 0.15) is 12.4 Å². The molecular weight excluding hydrogens is 260 g/mol. The molecule has 2 atom stereocenters. The lowest BCUT2D eigenvalue weighted by atomic mass is 9.95. The molecule has 118 valence electrons. The van der Waals surface area contributed by atoms with E-state index in [1.807, 2.05) is 0 Å². The van der Waals surface area contributed by atoms with Crippen LogP contribution in [-0.4, -0.2) is 37.2 Å². The number of nitrogens with one attached hydrogen (secondary N) is 1. The second-order valence-corrected chi connectivity index (χ2v) is 6.30. The van der Waals surface area contributed by atoms with Gasteiger partial charge in [-0.3, -0.25) is 4.90 Å². The normalized spacial score (nSPS) is 23.2. The van der Waals surface area contributed by atoms with Crippen LogP contribution in [0.2, 0.25) is 0 Å². The van der Waals surface area contributed by atoms with E-state index in [1.165, 1.54) is 24.9 Å². The fourth-order valence-corrected chi connectivity index (χ4v) is 2.95. The van der Waals surface area contributed by atoms with Crippen molar-refractivity contribution in [1.82, 2.24) is 10.2 Å². The summed E-state index contributed by atoms with van der Waals surface area (Å²) in [6.45, 7) is 11.8. The van der Waals surface area contributed by atoms with Crippen LogP contribution in [0.5, 0.6) is 5.75 Å². The van der Waals surface area contributed by atoms with Crippen LogP contribution >= 0.6 is 0 Å². The van der Waals surface area contributed by atoms with E-state index in [9.17, 15) is 0 Å². The monoisotopic (exact) mass is 290 g/mol. The smallest absolute Gasteiger partial charge is 0.119 e. The molecule has 2 rings (SSSR count). The number of rotatable bonds is 7. The minimum atomic E-state index is 0.701. The molecule has 1 N–H and O–H groups in total. The van der Waals surface area contributed by atoms with E-state index in [1.54, 1.807) is 0 Å². The van der Waals surface area contributed by atoms with Crippen molar-refractivity contribution in [3.63, 3.8) is 0 Å². The highest BCUT2D eigenvalue weighted by Crippen LogP contribution is 2.21. The number of hydrogen-bond donors (Lipinski definition) is 1. The predicted molar refractivity (Wildman–Crippen MR) is 88.8 cm³/mol. The Balaban J connectivity index is 1.72. The summed E-state index contributed by atoms with van der Waals surface area (Å²) in [5.41, 5.74) is 1.31. The quantitative estimate of drug-likeness (QED) is 0.834. The molecule has 1 aromatic rings. The van der Waals surface area contributed by atoms with Crippen LogP contribution in [0.25, 0.3) is 0 Å². The molecule has 21 heavy (non-hydrogen) atoms. The van der Waals surface area contributed by atoms with Crippen LogP contribution in [0, 0.1) is 5.92 Å². The van der Waals surface area contributed by atoms with E-state index in [0.29, 0.717) is 6.04 Å². The molecule has 0 saturated carbocycles. The topological polar surface area (TPSA) is 24.5 Å². The van der Waals surface area contributed by atoms with Crippen molar-refractivity contribution in [2.24, 2.45) is 5.92 Å². The Morgan fingerprint density at radius 1 is 1.19 bits per heavy atom. The lowest BCUT2D eigenvalue weighted by molar-refractivity contribution is 0.105. The molecule has 0 spiro atoms. The van der Waals surface area contributed by atoms with Crippen molar-refractivity contribution in [2.75, 3.05) is 26.2 Å². The van der Waals surface area contributed by atoms with E-state index in [2.05, 4.69) is 55.3 Å². The first-order valence-electron chi connectivity index (χ1n) is 8.35. The summed E-state index contributed by atoms with van der Waals surface area (Å²) in [7, 11) is 0. The molecular formula is C18H30N2O. The highest BCUT2D eigenvalue weighted by molar-refractivity contribution is 5.27. The zero-order chi connectivity index (χ0) is 15.1. The Morgan fingerprint density at radius 3 is 2.67 bits per heavy atom. The van der Waals surface area contributed by atoms with E-state index >= 15 is 0 Å². The van der Waals surface area contributed by atoms with Gasteiger partial charge in [0.05, 0.1) is 0 Å². The molecule has 1 aliphatic rings. The summed E-state index contributed by atoms with van der Waals surface area (Å²) in [6.07, 6.45) is 2.69. The van der Waals surface area contributed by atoms with Crippen molar-refractivity contribution < 1.29 is 4.74 Å². The third-order valence-corrected chi connectivity index (χ3v) is 4.40. The number of ether oxygens (including phenoxy) is 1. The Morgan fingerprint density at radius 2 is 1.95 bits per heavy atom. The lowest BCUT2D eigenvalue weighted by Gasteiger charge is -2.36. The number of benzene rings is 1. The third kappa shape index (κ3) is 5.33. The molecule has 1 heterocycles. The van der Waals surface area contributed by atoms with Crippen molar-refractivity contribution >= 4 is 0 Å². The first kappa shape index (κ1) is 16.3. The van der Waals surface area contributed by atoms with Gasteiger partial charge in [0.15, 0.2) is 0 Å². The molecule has 0 aromatic heterocycles. The van der Waals surface area contributed by atoms with Crippen LogP contribution in [0.3, 0.4) is 0 Å². The van der Waals surface area contributed by atoms with Gasteiger partial charge >= 0.3 is 0 Å². The standard InChI is InChI=1S/C18H30N2O/c1-4-19-13-17-7-9-18(10-8-17)21-12-11-20-14-15(2)5-6-16(20)3/h7-10,15-16,19H,4-6,11-14H2,1-3H3. The molecule has 1 fully saturated rings. The highest BCUT2D eigenvalue weighted by Gasteiger charge is 2.22. The number of piperidine rings is 1. The molecule has 1 aliphatic heterocycles. The second kappa shape index (κ2) is 8.40. The Labute approximate surface area is 129 Å². The van der Waals surface area contributed by atoms with Gasteiger partial charge in [-0.05, 0) is 49.9 Å². The molecule has 0 amide bonds. The zero-order valence-electron chi connectivity index (χ0n) is 13.8. The molecule has 0 aliphatic carbocycles. The molecule has 0 bridgehead atoms. The van der Waals surface area contributed by atoms with Gasteiger partial charge in [-0.2, -0.15) is 0 Å². The van der Waals surface area contributed by atoms with E-state index in [-0.39, 0.29) is 0 Å². The Hall–Kier alpha value is -1.06. The Kier molecular flexibility index (Phi) is 6.52. The van der Waals surface area contributed by atoms with Gasteiger partial charge in [0, 0.05) is 25.7 Å². The van der Waals surface area contributed by atoms with Gasteiger partial charge in [-0.25, -0.2) is 0 Å². The lowest BCUT2D eigenvalue weighted by Crippen LogP contribution is -2.43. The van der Waals surface area contributed by atoms with Gasteiger partial charge in [-0.1, -0.05) is 26.0 Å². The van der Waals surface area contributed by atoms with Crippen LogP contribution in [0.4, 0.5) is 0 Å². The van der Waals surface area contributed by atoms with Crippen LogP contribution in [0.15, 0.2) is 24.3 Å². The summed E-state index contributed by atoms with van der Waals surface area (Å²) >= 11 is 0. The molecule has 0 radical (unpaired) electrons. The average Bonchev–Trinajstić information content (AvgIpc) is 2.50. The van der Waals surface area contributed by atoms with Crippen LogP contribution in [-0.2, 0) is 6.54 Å². The summed E-state index contributed by atoms with van der Waals surface area (Å²) in [6, 6.07) is 9.14. The SMILES string of the molecule is CCNCc1ccc(OCCN2CC(C)CCC2C)cc1. The largest absolute Gasteiger partial charge is 0.492 e. The number of nitrogens with zero attached hydrogens (tertiary/aromatic N) is 1. The molecule has 1 saturated heterocycles. The second-order valence-electron chi connectivity index (χ2n) is 6.30. The van der Waals surface area contributed by atoms with Crippen molar-refractivity contribution in [3.8, 4) is 5.75 Å². The summed E-state index contributed by atoms with van der Waals surface area (Å²) < 4.78 is 5.89. The fourth-order valence-electron chi connectivity index (χ4n) is 2.95. The van der Waals surface area contributed by atoms with Crippen molar-refractivity contribution in [2.45, 2.75) is 46.2 Å². The van der Waals surface area contributed by atoms with Gasteiger partial charge < -0.3 is 10.1 Å². The molecule has 1 aromatic carbocycles. The highest BCUT2D eigenvalue weighted by atomic mass is 16.5. The van der Waals surface area contributed by atoms with Gasteiger partial charge in [0.2, 0.25) is 0 Å². The minimum Gasteiger partial charge on any atom is -0.492 e. The maximum absolute atomic E-state index is 5.89. The summed E-state index contributed by atoms with van der Waals surface area (Å²) in [4.78, 5) is 2.56. The zero-order valence-corrected chi connectivity index (χ0v) is 13.8. The summed E-state index contributed by atoms with van der Waals surface area (Å²) in [5.74, 6) is 1.81. The molecule has 2 unspecified atom stereocenters. The van der Waals surface area contributed by atoms with E-state index in [4.69, 9.17) is 4.74 Å². The predicted octanol–water partition coefficient (Wildman–Crippen LogP) is 3.30. The maximum Gasteiger partial charge on any atom is 0.119 e. The molecule has 3 heteroatoms. The maximum atomic E-state index is 5.89. The summed E-state index contributed by atoms with van der Waals surface area (Å²) in [5, 5.41) is 3.33. The fraction of sp³-hybridized carbons (Fsp3) is 0.667. The van der Waals surface area contributed by atoms with Crippen molar-refractivity contribution in [1.29, 1.82) is 0 Å². The van der Waals surface area contributed by atoms with Gasteiger partial charge in [0.25, 0.3) is 0 Å². The number of likely N-dealkylation sites (tertiary alicyclic amines) is 1. The van der Waals surface area contributed by atoms with Crippen molar-refractivity contribution in [3.05, 3.63) is 29.8 Å². The minimum absolute atomic E-state index is 0.701. The van der Waals surface area contributed by atoms with Crippen LogP contribution < -0.4 is 10.1 Å². The first-order chi connectivity index (χ1) is 10.2.